The summed E-state index contributed by atoms with van der Waals surface area (Å²) in [7, 11) is 0. The van der Waals surface area contributed by atoms with Gasteiger partial charge in [-0.2, -0.15) is 4.98 Å². The van der Waals surface area contributed by atoms with E-state index in [1.54, 1.807) is 6.92 Å². The molecule has 1 aliphatic heterocycles. The molecule has 26 heavy (non-hydrogen) atoms. The zero-order valence-corrected chi connectivity index (χ0v) is 15.3. The maximum absolute atomic E-state index is 13.0. The Bertz CT molecular complexity index is 970. The molecular formula is C20H22N4O2. The third kappa shape index (κ3) is 2.92. The van der Waals surface area contributed by atoms with Crippen LogP contribution in [0.5, 0.6) is 0 Å². The number of carbonyl (C=O) groups excluding carboxylic acids is 1. The first-order valence-corrected chi connectivity index (χ1v) is 8.93. The molecule has 0 radical (unpaired) electrons. The largest absolute Gasteiger partial charge is 0.442 e. The first kappa shape index (κ1) is 16.6. The highest BCUT2D eigenvalue weighted by molar-refractivity contribution is 6.15. The van der Waals surface area contributed by atoms with Gasteiger partial charge in [0.05, 0.1) is 10.9 Å². The van der Waals surface area contributed by atoms with Crippen molar-refractivity contribution < 1.29 is 9.21 Å². The van der Waals surface area contributed by atoms with Gasteiger partial charge in [-0.05, 0) is 45.7 Å². The summed E-state index contributed by atoms with van der Waals surface area (Å²) in [5, 5.41) is 3.67. The number of furan rings is 1. The summed E-state index contributed by atoms with van der Waals surface area (Å²) < 4.78 is 5.82. The van der Waals surface area contributed by atoms with Gasteiger partial charge >= 0.3 is 0 Å². The van der Waals surface area contributed by atoms with Gasteiger partial charge in [-0.15, -0.1) is 0 Å². The smallest absolute Gasteiger partial charge is 0.260 e. The fourth-order valence-corrected chi connectivity index (χ4v) is 3.46. The molecule has 0 unspecified atom stereocenters. The molecule has 1 aromatic carbocycles. The maximum Gasteiger partial charge on any atom is 0.260 e. The van der Waals surface area contributed by atoms with Crippen LogP contribution in [-0.4, -0.2) is 29.0 Å². The molecule has 1 saturated heterocycles. The molecule has 3 aromatic rings. The van der Waals surface area contributed by atoms with Gasteiger partial charge < -0.3 is 14.6 Å². The first-order valence-electron chi connectivity index (χ1n) is 8.93. The van der Waals surface area contributed by atoms with E-state index in [4.69, 9.17) is 4.42 Å². The number of anilines is 2. The Kier molecular flexibility index (Phi) is 4.11. The van der Waals surface area contributed by atoms with Gasteiger partial charge in [0, 0.05) is 18.8 Å². The van der Waals surface area contributed by atoms with Crippen LogP contribution in [0.15, 0.2) is 28.7 Å². The van der Waals surface area contributed by atoms with Crippen molar-refractivity contribution in [3.63, 3.8) is 0 Å². The number of aromatic nitrogens is 2. The number of benzene rings is 1. The normalized spacial score (nSPS) is 14.2. The van der Waals surface area contributed by atoms with Gasteiger partial charge in [-0.25, -0.2) is 4.98 Å². The number of aryl methyl sites for hydroxylation is 3. The van der Waals surface area contributed by atoms with Crippen molar-refractivity contribution in [2.75, 3.05) is 23.3 Å². The highest BCUT2D eigenvalue weighted by Gasteiger charge is 2.27. The average Bonchev–Trinajstić information content (AvgIpc) is 3.23. The van der Waals surface area contributed by atoms with E-state index >= 15 is 0 Å². The van der Waals surface area contributed by atoms with Gasteiger partial charge in [-0.1, -0.05) is 17.7 Å². The van der Waals surface area contributed by atoms with Gasteiger partial charge in [0.25, 0.3) is 5.91 Å². The molecule has 0 bridgehead atoms. The standard InChI is InChI=1S/C20H22N4O2/c1-12-6-8-15(9-7-12)23-19(25)16-13(2)26-20-17(16)18(21-14(3)22-20)24-10-4-5-11-24/h6-9H,4-5,10-11H2,1-3H3,(H,23,25). The minimum Gasteiger partial charge on any atom is -0.442 e. The second-order valence-corrected chi connectivity index (χ2v) is 6.82. The van der Waals surface area contributed by atoms with E-state index < -0.39 is 0 Å². The number of nitrogens with one attached hydrogen (secondary N) is 1. The number of nitrogens with zero attached hydrogens (tertiary/aromatic N) is 3. The molecule has 0 spiro atoms. The molecule has 3 heterocycles. The average molecular weight is 350 g/mol. The van der Waals surface area contributed by atoms with Crippen molar-refractivity contribution in [2.24, 2.45) is 0 Å². The number of hydrogen-bond donors (Lipinski definition) is 1. The summed E-state index contributed by atoms with van der Waals surface area (Å²) in [5.74, 6) is 1.82. The van der Waals surface area contributed by atoms with Gasteiger partial charge in [0.1, 0.15) is 17.4 Å². The van der Waals surface area contributed by atoms with Crippen LogP contribution < -0.4 is 10.2 Å². The quantitative estimate of drug-likeness (QED) is 0.773. The highest BCUT2D eigenvalue weighted by Crippen LogP contribution is 2.33. The van der Waals surface area contributed by atoms with Crippen LogP contribution in [0.1, 0.15) is 40.3 Å². The van der Waals surface area contributed by atoms with Crippen molar-refractivity contribution >= 4 is 28.5 Å². The summed E-state index contributed by atoms with van der Waals surface area (Å²) in [4.78, 5) is 24.3. The lowest BCUT2D eigenvalue weighted by molar-refractivity contribution is 0.102. The fraction of sp³-hybridized carbons (Fsp3) is 0.350. The first-order chi connectivity index (χ1) is 12.5. The van der Waals surface area contributed by atoms with Crippen LogP contribution >= 0.6 is 0 Å². The third-order valence-corrected chi connectivity index (χ3v) is 4.76. The molecule has 6 heteroatoms. The van der Waals surface area contributed by atoms with Crippen molar-refractivity contribution in [3.8, 4) is 0 Å². The molecule has 0 aliphatic carbocycles. The highest BCUT2D eigenvalue weighted by atomic mass is 16.3. The Morgan fingerprint density at radius 3 is 2.46 bits per heavy atom. The van der Waals surface area contributed by atoms with Crippen LogP contribution in [0.2, 0.25) is 0 Å². The topological polar surface area (TPSA) is 71.3 Å². The molecule has 1 N–H and O–H groups in total. The molecule has 2 aromatic heterocycles. The van der Waals surface area contributed by atoms with Crippen molar-refractivity contribution in [1.29, 1.82) is 0 Å². The molecular weight excluding hydrogens is 328 g/mol. The predicted octanol–water partition coefficient (Wildman–Crippen LogP) is 4.00. The SMILES string of the molecule is Cc1ccc(NC(=O)c2c(C)oc3nc(C)nc(N4CCCC4)c23)cc1. The molecule has 6 nitrogen and oxygen atoms in total. The summed E-state index contributed by atoms with van der Waals surface area (Å²) in [6.45, 7) is 7.54. The summed E-state index contributed by atoms with van der Waals surface area (Å²) in [6, 6.07) is 7.73. The van der Waals surface area contributed by atoms with Gasteiger partial charge in [0.2, 0.25) is 5.71 Å². The van der Waals surface area contributed by atoms with E-state index in [0.717, 1.165) is 43.0 Å². The fourth-order valence-electron chi connectivity index (χ4n) is 3.46. The van der Waals surface area contributed by atoms with Crippen molar-refractivity contribution in [3.05, 3.63) is 47.0 Å². The van der Waals surface area contributed by atoms with E-state index in [-0.39, 0.29) is 5.91 Å². The van der Waals surface area contributed by atoms with Crippen LogP contribution in [0.4, 0.5) is 11.5 Å². The number of fused-ring (bicyclic) bond motifs is 1. The number of hydrogen-bond acceptors (Lipinski definition) is 5. The van der Waals surface area contributed by atoms with E-state index in [9.17, 15) is 4.79 Å². The Morgan fingerprint density at radius 2 is 1.77 bits per heavy atom. The minimum atomic E-state index is -0.196. The molecule has 134 valence electrons. The number of carbonyl (C=O) groups is 1. The predicted molar refractivity (Wildman–Crippen MR) is 102 cm³/mol. The van der Waals surface area contributed by atoms with Crippen LogP contribution in [-0.2, 0) is 0 Å². The van der Waals surface area contributed by atoms with E-state index in [2.05, 4.69) is 20.2 Å². The van der Waals surface area contributed by atoms with E-state index in [1.165, 1.54) is 0 Å². The van der Waals surface area contributed by atoms with Crippen LogP contribution in [0, 0.1) is 20.8 Å². The molecule has 0 saturated carbocycles. The molecule has 1 amide bonds. The third-order valence-electron chi connectivity index (χ3n) is 4.76. The lowest BCUT2D eigenvalue weighted by Crippen LogP contribution is -2.21. The Labute approximate surface area is 152 Å². The molecule has 4 rings (SSSR count). The number of amides is 1. The summed E-state index contributed by atoms with van der Waals surface area (Å²) in [5.41, 5.74) is 2.90. The van der Waals surface area contributed by atoms with Gasteiger partial charge in [-0.3, -0.25) is 4.79 Å². The lowest BCUT2D eigenvalue weighted by Gasteiger charge is -2.18. The Morgan fingerprint density at radius 1 is 1.08 bits per heavy atom. The zero-order valence-electron chi connectivity index (χ0n) is 15.3. The second-order valence-electron chi connectivity index (χ2n) is 6.82. The van der Waals surface area contributed by atoms with E-state index in [0.29, 0.717) is 28.2 Å². The summed E-state index contributed by atoms with van der Waals surface area (Å²) >= 11 is 0. The number of rotatable bonds is 3. The Balaban J connectivity index is 1.79. The Hall–Kier alpha value is -2.89. The van der Waals surface area contributed by atoms with E-state index in [1.807, 2.05) is 38.1 Å². The second kappa shape index (κ2) is 6.44. The summed E-state index contributed by atoms with van der Waals surface area (Å²) in [6.07, 6.45) is 2.26. The van der Waals surface area contributed by atoms with Crippen LogP contribution in [0.3, 0.4) is 0 Å². The molecule has 1 fully saturated rings. The van der Waals surface area contributed by atoms with Crippen molar-refractivity contribution in [1.82, 2.24) is 9.97 Å². The molecule has 1 aliphatic rings. The lowest BCUT2D eigenvalue weighted by atomic mass is 10.1. The monoisotopic (exact) mass is 350 g/mol. The minimum absolute atomic E-state index is 0.196. The molecule has 0 atom stereocenters. The zero-order chi connectivity index (χ0) is 18.3. The maximum atomic E-state index is 13.0. The van der Waals surface area contributed by atoms with Gasteiger partial charge in [0.15, 0.2) is 0 Å². The van der Waals surface area contributed by atoms with Crippen molar-refractivity contribution in [2.45, 2.75) is 33.6 Å². The van der Waals surface area contributed by atoms with Crippen LogP contribution in [0.25, 0.3) is 11.1 Å².